The van der Waals surface area contributed by atoms with Crippen molar-refractivity contribution in [2.75, 3.05) is 0 Å². The molecule has 0 spiro atoms. The number of carbonyl (C=O) groups excluding carboxylic acids is 1. The van der Waals surface area contributed by atoms with E-state index >= 15 is 0 Å². The van der Waals surface area contributed by atoms with Crippen LogP contribution in [-0.4, -0.2) is 27.2 Å². The number of aliphatic hydroxyl groups excluding tert-OH is 2. The number of pyridine rings is 1. The molecule has 15 heavy (non-hydrogen) atoms. The van der Waals surface area contributed by atoms with Crippen LogP contribution in [0.4, 0.5) is 0 Å². The number of halogens is 1. The van der Waals surface area contributed by atoms with Gasteiger partial charge in [0.2, 0.25) is 5.91 Å². The van der Waals surface area contributed by atoms with Crippen molar-refractivity contribution in [3.63, 3.8) is 0 Å². The Labute approximate surface area is 91.5 Å². The van der Waals surface area contributed by atoms with Crippen LogP contribution in [0.2, 0.25) is 5.15 Å². The molecule has 0 aliphatic rings. The summed E-state index contributed by atoms with van der Waals surface area (Å²) in [5, 5.41) is 19.2. The quantitative estimate of drug-likeness (QED) is 0.635. The summed E-state index contributed by atoms with van der Waals surface area (Å²) in [7, 11) is 0. The number of nitrogens with two attached hydrogens (primary N) is 1. The van der Waals surface area contributed by atoms with E-state index in [-0.39, 0.29) is 11.6 Å². The Morgan fingerprint density at radius 2 is 2.27 bits per heavy atom. The van der Waals surface area contributed by atoms with Crippen LogP contribution in [0, 0.1) is 0 Å². The van der Waals surface area contributed by atoms with E-state index in [4.69, 9.17) is 17.3 Å². The topological polar surface area (TPSA) is 96.4 Å². The summed E-state index contributed by atoms with van der Waals surface area (Å²) in [5.74, 6) is -0.679. The van der Waals surface area contributed by atoms with Crippen LogP contribution < -0.4 is 5.73 Å². The van der Waals surface area contributed by atoms with Crippen LogP contribution in [0.15, 0.2) is 18.3 Å². The van der Waals surface area contributed by atoms with Gasteiger partial charge in [0, 0.05) is 6.20 Å². The SMILES string of the molecule is NC(=O)CC(O)C(O)c1ccnc(Cl)c1. The van der Waals surface area contributed by atoms with Gasteiger partial charge >= 0.3 is 0 Å². The van der Waals surface area contributed by atoms with Crippen molar-refractivity contribution < 1.29 is 15.0 Å². The van der Waals surface area contributed by atoms with Crippen molar-refractivity contribution in [3.05, 3.63) is 29.0 Å². The maximum absolute atomic E-state index is 10.5. The maximum atomic E-state index is 10.5. The molecule has 0 saturated carbocycles. The molecule has 0 bridgehead atoms. The molecule has 6 heteroatoms. The van der Waals surface area contributed by atoms with Gasteiger partial charge in [-0.25, -0.2) is 4.98 Å². The number of primary amides is 1. The number of rotatable bonds is 4. The van der Waals surface area contributed by atoms with Crippen molar-refractivity contribution in [2.45, 2.75) is 18.6 Å². The molecule has 0 aromatic carbocycles. The number of amides is 1. The number of hydrogen-bond acceptors (Lipinski definition) is 4. The third kappa shape index (κ3) is 3.47. The number of carbonyl (C=O) groups is 1. The van der Waals surface area contributed by atoms with Crippen LogP contribution in [0.25, 0.3) is 0 Å². The highest BCUT2D eigenvalue weighted by Gasteiger charge is 2.20. The maximum Gasteiger partial charge on any atom is 0.220 e. The Kier molecular flexibility index (Phi) is 4.02. The first-order valence-corrected chi connectivity index (χ1v) is 4.64. The monoisotopic (exact) mass is 230 g/mol. The van der Waals surface area contributed by atoms with Crippen LogP contribution >= 0.6 is 11.6 Å². The minimum Gasteiger partial charge on any atom is -0.390 e. The molecule has 82 valence electrons. The molecule has 0 saturated heterocycles. The zero-order valence-corrected chi connectivity index (χ0v) is 8.55. The zero-order chi connectivity index (χ0) is 11.4. The first-order valence-electron chi connectivity index (χ1n) is 4.26. The van der Waals surface area contributed by atoms with Crippen molar-refractivity contribution >= 4 is 17.5 Å². The average Bonchev–Trinajstić information content (AvgIpc) is 2.15. The van der Waals surface area contributed by atoms with Crippen molar-refractivity contribution in [3.8, 4) is 0 Å². The predicted octanol–water partition coefficient (Wildman–Crippen LogP) is 0.00470. The molecule has 4 N–H and O–H groups in total. The number of hydrogen-bond donors (Lipinski definition) is 3. The lowest BCUT2D eigenvalue weighted by atomic mass is 10.0. The van der Waals surface area contributed by atoms with E-state index in [2.05, 4.69) is 4.98 Å². The highest BCUT2D eigenvalue weighted by molar-refractivity contribution is 6.29. The largest absolute Gasteiger partial charge is 0.390 e. The van der Waals surface area contributed by atoms with Gasteiger partial charge in [0.15, 0.2) is 0 Å². The first kappa shape index (κ1) is 11.9. The Balaban J connectivity index is 2.75. The molecule has 2 atom stereocenters. The highest BCUT2D eigenvalue weighted by Crippen LogP contribution is 2.20. The van der Waals surface area contributed by atoms with Gasteiger partial charge in [-0.1, -0.05) is 11.6 Å². The summed E-state index contributed by atoms with van der Waals surface area (Å²) in [6.45, 7) is 0. The van der Waals surface area contributed by atoms with Crippen molar-refractivity contribution in [1.82, 2.24) is 4.98 Å². The molecule has 1 rings (SSSR count). The van der Waals surface area contributed by atoms with Gasteiger partial charge in [-0.15, -0.1) is 0 Å². The normalized spacial score (nSPS) is 14.6. The summed E-state index contributed by atoms with van der Waals surface area (Å²) in [6.07, 6.45) is -1.34. The minimum atomic E-state index is -1.24. The van der Waals surface area contributed by atoms with Crippen molar-refractivity contribution in [2.24, 2.45) is 5.73 Å². The second kappa shape index (κ2) is 5.06. The lowest BCUT2D eigenvalue weighted by Crippen LogP contribution is -2.25. The Bertz CT molecular complexity index is 359. The molecule has 0 fully saturated rings. The Morgan fingerprint density at radius 3 is 2.80 bits per heavy atom. The third-order valence-electron chi connectivity index (χ3n) is 1.87. The van der Waals surface area contributed by atoms with Gasteiger partial charge in [-0.05, 0) is 17.7 Å². The molecule has 2 unspecified atom stereocenters. The summed E-state index contributed by atoms with van der Waals surface area (Å²) < 4.78 is 0. The molecule has 1 aromatic heterocycles. The van der Waals surface area contributed by atoms with Crippen LogP contribution in [0.1, 0.15) is 18.1 Å². The van der Waals surface area contributed by atoms with Gasteiger partial charge < -0.3 is 15.9 Å². The van der Waals surface area contributed by atoms with Gasteiger partial charge in [0.1, 0.15) is 11.3 Å². The molecular weight excluding hydrogens is 220 g/mol. The molecule has 0 aliphatic heterocycles. The number of aliphatic hydroxyl groups is 2. The molecule has 0 radical (unpaired) electrons. The third-order valence-corrected chi connectivity index (χ3v) is 2.07. The fourth-order valence-electron chi connectivity index (χ4n) is 1.14. The summed E-state index contributed by atoms with van der Waals surface area (Å²) in [5.41, 5.74) is 5.28. The Morgan fingerprint density at radius 1 is 1.60 bits per heavy atom. The Hall–Kier alpha value is -1.17. The lowest BCUT2D eigenvalue weighted by Gasteiger charge is -2.16. The minimum absolute atomic E-state index is 0.206. The highest BCUT2D eigenvalue weighted by atomic mass is 35.5. The van der Waals surface area contributed by atoms with E-state index in [1.165, 1.54) is 18.3 Å². The second-order valence-corrected chi connectivity index (χ2v) is 3.48. The molecular formula is C9H11ClN2O3. The average molecular weight is 231 g/mol. The second-order valence-electron chi connectivity index (χ2n) is 3.09. The molecule has 1 amide bonds. The summed E-state index contributed by atoms with van der Waals surface area (Å²) in [6, 6.07) is 2.91. The van der Waals surface area contributed by atoms with E-state index in [0.717, 1.165) is 0 Å². The van der Waals surface area contributed by atoms with E-state index in [1.54, 1.807) is 0 Å². The summed E-state index contributed by atoms with van der Waals surface area (Å²) >= 11 is 5.60. The van der Waals surface area contributed by atoms with Gasteiger partial charge in [0.05, 0.1) is 12.5 Å². The number of aromatic nitrogens is 1. The fraction of sp³-hybridized carbons (Fsp3) is 0.333. The summed E-state index contributed by atoms with van der Waals surface area (Å²) in [4.78, 5) is 14.2. The smallest absolute Gasteiger partial charge is 0.220 e. The molecule has 1 heterocycles. The van der Waals surface area contributed by atoms with E-state index in [1.807, 2.05) is 0 Å². The van der Waals surface area contributed by atoms with E-state index in [0.29, 0.717) is 5.56 Å². The molecule has 0 aliphatic carbocycles. The number of nitrogens with zero attached hydrogens (tertiary/aromatic N) is 1. The fourth-order valence-corrected chi connectivity index (χ4v) is 1.32. The van der Waals surface area contributed by atoms with Gasteiger partial charge in [0.25, 0.3) is 0 Å². The van der Waals surface area contributed by atoms with Gasteiger partial charge in [-0.3, -0.25) is 4.79 Å². The first-order chi connectivity index (χ1) is 7.00. The van der Waals surface area contributed by atoms with Crippen LogP contribution in [0.3, 0.4) is 0 Å². The van der Waals surface area contributed by atoms with Crippen LogP contribution in [0.5, 0.6) is 0 Å². The van der Waals surface area contributed by atoms with Gasteiger partial charge in [-0.2, -0.15) is 0 Å². The lowest BCUT2D eigenvalue weighted by molar-refractivity contribution is -0.121. The predicted molar refractivity (Wildman–Crippen MR) is 54.0 cm³/mol. The standard InChI is InChI=1S/C9H11ClN2O3/c10-7-3-5(1-2-12-7)9(15)6(13)4-8(11)14/h1-3,6,9,13,15H,4H2,(H2,11,14). The molecule has 5 nitrogen and oxygen atoms in total. The van der Waals surface area contributed by atoms with Crippen molar-refractivity contribution in [1.29, 1.82) is 0 Å². The van der Waals surface area contributed by atoms with E-state index in [9.17, 15) is 15.0 Å². The van der Waals surface area contributed by atoms with Crippen LogP contribution in [-0.2, 0) is 4.79 Å². The zero-order valence-electron chi connectivity index (χ0n) is 7.80. The van der Waals surface area contributed by atoms with E-state index < -0.39 is 18.1 Å². The molecule has 1 aromatic rings.